The molecular formula is C26H28N2O3. The van der Waals surface area contributed by atoms with Crippen LogP contribution >= 0.6 is 0 Å². The van der Waals surface area contributed by atoms with E-state index in [-0.39, 0.29) is 18.4 Å². The van der Waals surface area contributed by atoms with Crippen molar-refractivity contribution in [3.05, 3.63) is 89.5 Å². The van der Waals surface area contributed by atoms with E-state index in [2.05, 4.69) is 5.32 Å². The number of amides is 2. The number of rotatable bonds is 8. The molecule has 0 spiro atoms. The van der Waals surface area contributed by atoms with Gasteiger partial charge in [-0.2, -0.15) is 0 Å². The number of nitrogens with zero attached hydrogens (tertiary/aromatic N) is 1. The molecule has 0 aromatic heterocycles. The van der Waals surface area contributed by atoms with Crippen LogP contribution in [0.4, 0.5) is 11.4 Å². The van der Waals surface area contributed by atoms with Crippen LogP contribution in [0.1, 0.15) is 23.6 Å². The molecule has 3 rings (SSSR count). The lowest BCUT2D eigenvalue weighted by molar-refractivity contribution is -0.118. The first-order valence-corrected chi connectivity index (χ1v) is 10.4. The number of benzene rings is 3. The number of hydrogen-bond acceptors (Lipinski definition) is 3. The minimum atomic E-state index is -0.233. The normalized spacial score (nSPS) is 10.4. The molecule has 3 aromatic rings. The van der Waals surface area contributed by atoms with E-state index in [1.807, 2.05) is 81.4 Å². The van der Waals surface area contributed by atoms with Gasteiger partial charge in [-0.3, -0.25) is 9.59 Å². The van der Waals surface area contributed by atoms with E-state index in [0.717, 1.165) is 16.8 Å². The molecular weight excluding hydrogens is 388 g/mol. The van der Waals surface area contributed by atoms with Gasteiger partial charge in [-0.1, -0.05) is 36.4 Å². The Balaban J connectivity index is 1.52. The maximum Gasteiger partial charge on any atom is 0.262 e. The molecule has 0 heterocycles. The minimum absolute atomic E-state index is 0.0345. The standard InChI is InChI=1S/C26H28N2O3/c1-4-28(23-8-6-5-7-9-23)26(30)17-21-11-13-22(14-12-21)27-25(29)18-31-24-15-10-19(2)20(3)16-24/h5-16H,4,17-18H2,1-3H3,(H,27,29). The second-order valence-electron chi connectivity index (χ2n) is 7.43. The Labute approximate surface area is 183 Å². The molecule has 160 valence electrons. The maximum absolute atomic E-state index is 12.7. The molecule has 0 saturated heterocycles. The SMILES string of the molecule is CCN(C(=O)Cc1ccc(NC(=O)COc2ccc(C)c(C)c2)cc1)c1ccccc1. The minimum Gasteiger partial charge on any atom is -0.484 e. The summed E-state index contributed by atoms with van der Waals surface area (Å²) in [6, 6.07) is 22.7. The third-order valence-electron chi connectivity index (χ3n) is 5.13. The molecule has 0 aliphatic heterocycles. The van der Waals surface area contributed by atoms with Crippen LogP contribution in [0, 0.1) is 13.8 Å². The van der Waals surface area contributed by atoms with Gasteiger partial charge in [0.05, 0.1) is 6.42 Å². The number of hydrogen-bond donors (Lipinski definition) is 1. The van der Waals surface area contributed by atoms with Crippen molar-refractivity contribution in [3.8, 4) is 5.75 Å². The van der Waals surface area contributed by atoms with Crippen LogP contribution in [0.3, 0.4) is 0 Å². The number of aryl methyl sites for hydroxylation is 2. The quantitative estimate of drug-likeness (QED) is 0.567. The molecule has 0 unspecified atom stereocenters. The van der Waals surface area contributed by atoms with E-state index in [1.54, 1.807) is 17.0 Å². The van der Waals surface area contributed by atoms with Gasteiger partial charge in [0.1, 0.15) is 5.75 Å². The van der Waals surface area contributed by atoms with Gasteiger partial charge in [0, 0.05) is 17.9 Å². The van der Waals surface area contributed by atoms with E-state index < -0.39 is 0 Å². The number of para-hydroxylation sites is 1. The zero-order valence-electron chi connectivity index (χ0n) is 18.2. The number of carbonyl (C=O) groups excluding carboxylic acids is 2. The average Bonchev–Trinajstić information content (AvgIpc) is 2.77. The predicted molar refractivity (Wildman–Crippen MR) is 125 cm³/mol. The van der Waals surface area contributed by atoms with Crippen molar-refractivity contribution in [3.63, 3.8) is 0 Å². The van der Waals surface area contributed by atoms with Gasteiger partial charge in [0.15, 0.2) is 6.61 Å². The highest BCUT2D eigenvalue weighted by molar-refractivity contribution is 5.95. The molecule has 0 saturated carbocycles. The van der Waals surface area contributed by atoms with Gasteiger partial charge in [0.2, 0.25) is 5.91 Å². The van der Waals surface area contributed by atoms with E-state index >= 15 is 0 Å². The molecule has 0 aliphatic rings. The van der Waals surface area contributed by atoms with Crippen molar-refractivity contribution >= 4 is 23.2 Å². The lowest BCUT2D eigenvalue weighted by Gasteiger charge is -2.21. The van der Waals surface area contributed by atoms with Crippen molar-refractivity contribution in [2.24, 2.45) is 0 Å². The fraction of sp³-hybridized carbons (Fsp3) is 0.231. The number of nitrogens with one attached hydrogen (secondary N) is 1. The number of ether oxygens (including phenoxy) is 1. The summed E-state index contributed by atoms with van der Waals surface area (Å²) in [7, 11) is 0. The molecule has 0 aliphatic carbocycles. The Kier molecular flexibility index (Phi) is 7.44. The fourth-order valence-electron chi connectivity index (χ4n) is 3.24. The van der Waals surface area contributed by atoms with Crippen molar-refractivity contribution in [2.45, 2.75) is 27.2 Å². The molecule has 1 N–H and O–H groups in total. The van der Waals surface area contributed by atoms with Crippen molar-refractivity contribution < 1.29 is 14.3 Å². The molecule has 5 nitrogen and oxygen atoms in total. The summed E-state index contributed by atoms with van der Waals surface area (Å²) in [4.78, 5) is 26.7. The Morgan fingerprint density at radius 2 is 1.61 bits per heavy atom. The number of carbonyl (C=O) groups is 2. The van der Waals surface area contributed by atoms with Crippen molar-refractivity contribution in [2.75, 3.05) is 23.4 Å². The lowest BCUT2D eigenvalue weighted by Crippen LogP contribution is -2.31. The van der Waals surface area contributed by atoms with E-state index in [1.165, 1.54) is 5.56 Å². The van der Waals surface area contributed by atoms with Gasteiger partial charge in [-0.15, -0.1) is 0 Å². The highest BCUT2D eigenvalue weighted by atomic mass is 16.5. The fourth-order valence-corrected chi connectivity index (χ4v) is 3.24. The third kappa shape index (κ3) is 6.19. The highest BCUT2D eigenvalue weighted by Gasteiger charge is 2.14. The van der Waals surface area contributed by atoms with Gasteiger partial charge >= 0.3 is 0 Å². The van der Waals surface area contributed by atoms with Crippen LogP contribution in [0.25, 0.3) is 0 Å². The lowest BCUT2D eigenvalue weighted by atomic mass is 10.1. The summed E-state index contributed by atoms with van der Waals surface area (Å²) in [6.07, 6.45) is 0.298. The van der Waals surface area contributed by atoms with Crippen LogP contribution in [-0.2, 0) is 16.0 Å². The summed E-state index contributed by atoms with van der Waals surface area (Å²) >= 11 is 0. The van der Waals surface area contributed by atoms with Crippen LogP contribution in [0.15, 0.2) is 72.8 Å². The first kappa shape index (κ1) is 22.1. The summed E-state index contributed by atoms with van der Waals surface area (Å²) in [5.41, 5.74) is 4.75. The number of likely N-dealkylation sites (N-methyl/N-ethyl adjacent to an activating group) is 1. The van der Waals surface area contributed by atoms with E-state index in [4.69, 9.17) is 4.74 Å². The largest absolute Gasteiger partial charge is 0.484 e. The van der Waals surface area contributed by atoms with E-state index in [0.29, 0.717) is 24.4 Å². The monoisotopic (exact) mass is 416 g/mol. The Bertz CT molecular complexity index is 1030. The number of anilines is 2. The molecule has 5 heteroatoms. The van der Waals surface area contributed by atoms with Gasteiger partial charge in [-0.05, 0) is 73.9 Å². The molecule has 31 heavy (non-hydrogen) atoms. The summed E-state index contributed by atoms with van der Waals surface area (Å²) in [5, 5.41) is 2.82. The Hall–Kier alpha value is -3.60. The topological polar surface area (TPSA) is 58.6 Å². The first-order valence-electron chi connectivity index (χ1n) is 10.4. The zero-order chi connectivity index (χ0) is 22.2. The maximum atomic E-state index is 12.7. The van der Waals surface area contributed by atoms with Crippen LogP contribution in [0.2, 0.25) is 0 Å². The molecule has 2 amide bonds. The molecule has 0 atom stereocenters. The zero-order valence-corrected chi connectivity index (χ0v) is 18.2. The van der Waals surface area contributed by atoms with Crippen LogP contribution in [-0.4, -0.2) is 25.0 Å². The average molecular weight is 417 g/mol. The smallest absolute Gasteiger partial charge is 0.262 e. The van der Waals surface area contributed by atoms with Crippen LogP contribution < -0.4 is 15.0 Å². The van der Waals surface area contributed by atoms with E-state index in [9.17, 15) is 9.59 Å². The Morgan fingerprint density at radius 3 is 2.26 bits per heavy atom. The molecule has 0 radical (unpaired) electrons. The summed E-state index contributed by atoms with van der Waals surface area (Å²) < 4.78 is 5.57. The molecule has 0 fully saturated rings. The summed E-state index contributed by atoms with van der Waals surface area (Å²) in [6.45, 7) is 6.55. The van der Waals surface area contributed by atoms with Crippen molar-refractivity contribution in [1.29, 1.82) is 0 Å². The van der Waals surface area contributed by atoms with Gasteiger partial charge < -0.3 is 15.0 Å². The van der Waals surface area contributed by atoms with Crippen LogP contribution in [0.5, 0.6) is 5.75 Å². The second kappa shape index (κ2) is 10.4. The first-order chi connectivity index (χ1) is 15.0. The highest BCUT2D eigenvalue weighted by Crippen LogP contribution is 2.18. The van der Waals surface area contributed by atoms with Crippen molar-refractivity contribution in [1.82, 2.24) is 0 Å². The van der Waals surface area contributed by atoms with Gasteiger partial charge in [0.25, 0.3) is 5.91 Å². The van der Waals surface area contributed by atoms with Gasteiger partial charge in [-0.25, -0.2) is 0 Å². The predicted octanol–water partition coefficient (Wildman–Crippen LogP) is 4.92. The summed E-state index contributed by atoms with van der Waals surface area (Å²) in [5.74, 6) is 0.474. The molecule has 0 bridgehead atoms. The second-order valence-corrected chi connectivity index (χ2v) is 7.43. The molecule has 3 aromatic carbocycles. The third-order valence-corrected chi connectivity index (χ3v) is 5.13. The Morgan fingerprint density at radius 1 is 0.903 bits per heavy atom.